The summed E-state index contributed by atoms with van der Waals surface area (Å²) in [4.78, 5) is 9.60. The molecular weight excluding hydrogens is 298 g/mol. The van der Waals surface area contributed by atoms with Gasteiger partial charge in [0.2, 0.25) is 0 Å². The molecule has 2 aliphatic heterocycles. The summed E-state index contributed by atoms with van der Waals surface area (Å²) in [7, 11) is 1.88. The van der Waals surface area contributed by atoms with Gasteiger partial charge in [-0.3, -0.25) is 9.89 Å². The first-order valence-corrected chi connectivity index (χ1v) is 9.93. The molecule has 2 N–H and O–H groups in total. The highest BCUT2D eigenvalue weighted by Gasteiger charge is 2.31. The quantitative estimate of drug-likeness (QED) is 0.575. The molecule has 3 atom stereocenters. The standard InChI is InChI=1S/C19H39N5/c1-15(2)24-13-17(4)18(14-24)22-19(20-5)21-11-16(3)12-23-9-7-6-8-10-23/h15-18H,6-14H2,1-5H3,(H2,20,21,22). The van der Waals surface area contributed by atoms with Crippen molar-refractivity contribution < 1.29 is 0 Å². The molecule has 2 rings (SSSR count). The van der Waals surface area contributed by atoms with Crippen molar-refractivity contribution >= 4 is 5.96 Å². The van der Waals surface area contributed by atoms with Gasteiger partial charge in [0, 0.05) is 45.3 Å². The number of hydrogen-bond acceptors (Lipinski definition) is 3. The van der Waals surface area contributed by atoms with Crippen molar-refractivity contribution in [1.29, 1.82) is 0 Å². The number of guanidine groups is 1. The van der Waals surface area contributed by atoms with Crippen molar-refractivity contribution in [3.05, 3.63) is 0 Å². The van der Waals surface area contributed by atoms with Gasteiger partial charge < -0.3 is 15.5 Å². The normalized spacial score (nSPS) is 28.3. The van der Waals surface area contributed by atoms with E-state index in [1.165, 1.54) is 45.4 Å². The van der Waals surface area contributed by atoms with E-state index in [-0.39, 0.29) is 0 Å². The van der Waals surface area contributed by atoms with Crippen LogP contribution in [0.25, 0.3) is 0 Å². The van der Waals surface area contributed by atoms with E-state index < -0.39 is 0 Å². The van der Waals surface area contributed by atoms with Crippen LogP contribution in [0.15, 0.2) is 4.99 Å². The minimum Gasteiger partial charge on any atom is -0.356 e. The Kier molecular flexibility index (Phi) is 7.82. The zero-order valence-corrected chi connectivity index (χ0v) is 16.5. The summed E-state index contributed by atoms with van der Waals surface area (Å²) in [5, 5.41) is 7.19. The van der Waals surface area contributed by atoms with Crippen LogP contribution in [0.4, 0.5) is 0 Å². The van der Waals surface area contributed by atoms with Gasteiger partial charge in [-0.25, -0.2) is 0 Å². The Morgan fingerprint density at radius 2 is 1.83 bits per heavy atom. The molecule has 2 fully saturated rings. The lowest BCUT2D eigenvalue weighted by atomic mass is 10.1. The van der Waals surface area contributed by atoms with Gasteiger partial charge in [0.1, 0.15) is 0 Å². The highest BCUT2D eigenvalue weighted by atomic mass is 15.3. The number of likely N-dealkylation sites (tertiary alicyclic amines) is 2. The number of rotatable bonds is 6. The molecule has 0 saturated carbocycles. The Morgan fingerprint density at radius 1 is 1.12 bits per heavy atom. The molecule has 0 amide bonds. The monoisotopic (exact) mass is 337 g/mol. The van der Waals surface area contributed by atoms with E-state index in [0.29, 0.717) is 23.9 Å². The Morgan fingerprint density at radius 3 is 2.42 bits per heavy atom. The second-order valence-corrected chi connectivity index (χ2v) is 8.20. The molecule has 0 aromatic heterocycles. The molecule has 0 aromatic rings. The molecule has 0 spiro atoms. The van der Waals surface area contributed by atoms with E-state index in [4.69, 9.17) is 0 Å². The van der Waals surface area contributed by atoms with Crippen LogP contribution < -0.4 is 10.6 Å². The van der Waals surface area contributed by atoms with E-state index >= 15 is 0 Å². The fourth-order valence-electron chi connectivity index (χ4n) is 3.90. The Hall–Kier alpha value is -0.810. The minimum atomic E-state index is 0.496. The molecule has 140 valence electrons. The van der Waals surface area contributed by atoms with Crippen LogP contribution in [-0.4, -0.2) is 74.2 Å². The minimum absolute atomic E-state index is 0.496. The fourth-order valence-corrected chi connectivity index (χ4v) is 3.90. The maximum Gasteiger partial charge on any atom is 0.191 e. The molecule has 0 aromatic carbocycles. The van der Waals surface area contributed by atoms with E-state index in [2.05, 4.69) is 53.1 Å². The van der Waals surface area contributed by atoms with Crippen LogP contribution in [-0.2, 0) is 0 Å². The lowest BCUT2D eigenvalue weighted by molar-refractivity contribution is 0.201. The highest BCUT2D eigenvalue weighted by molar-refractivity contribution is 5.80. The van der Waals surface area contributed by atoms with Crippen LogP contribution in [0.1, 0.15) is 47.0 Å². The van der Waals surface area contributed by atoms with Gasteiger partial charge in [-0.2, -0.15) is 0 Å². The lowest BCUT2D eigenvalue weighted by Gasteiger charge is -2.29. The third-order valence-electron chi connectivity index (χ3n) is 5.55. The number of nitrogens with one attached hydrogen (secondary N) is 2. The number of hydrogen-bond donors (Lipinski definition) is 2. The van der Waals surface area contributed by atoms with Crippen LogP contribution in [0, 0.1) is 11.8 Å². The molecular formula is C19H39N5. The average Bonchev–Trinajstić information content (AvgIpc) is 2.93. The van der Waals surface area contributed by atoms with Gasteiger partial charge in [0.15, 0.2) is 5.96 Å². The topological polar surface area (TPSA) is 42.9 Å². The summed E-state index contributed by atoms with van der Waals surface area (Å²) < 4.78 is 0. The van der Waals surface area contributed by atoms with E-state index in [9.17, 15) is 0 Å². The second kappa shape index (κ2) is 9.62. The molecule has 24 heavy (non-hydrogen) atoms. The smallest absolute Gasteiger partial charge is 0.191 e. The first kappa shape index (κ1) is 19.5. The number of piperidine rings is 1. The number of nitrogens with zero attached hydrogens (tertiary/aromatic N) is 3. The number of aliphatic imine (C=N–C) groups is 1. The molecule has 0 aliphatic carbocycles. The molecule has 2 aliphatic rings. The van der Waals surface area contributed by atoms with Gasteiger partial charge in [0.05, 0.1) is 0 Å². The summed E-state index contributed by atoms with van der Waals surface area (Å²) in [5.74, 6) is 2.27. The maximum absolute atomic E-state index is 4.44. The van der Waals surface area contributed by atoms with Crippen molar-refractivity contribution in [2.45, 2.75) is 59.0 Å². The van der Waals surface area contributed by atoms with Gasteiger partial charge in [-0.05, 0) is 51.6 Å². The van der Waals surface area contributed by atoms with Crippen molar-refractivity contribution in [1.82, 2.24) is 20.4 Å². The summed E-state index contributed by atoms with van der Waals surface area (Å²) in [6.45, 7) is 16.3. The molecule has 5 nitrogen and oxygen atoms in total. The molecule has 2 saturated heterocycles. The van der Waals surface area contributed by atoms with Crippen LogP contribution in [0.5, 0.6) is 0 Å². The van der Waals surface area contributed by atoms with Crippen LogP contribution >= 0.6 is 0 Å². The first-order chi connectivity index (χ1) is 11.5. The summed E-state index contributed by atoms with van der Waals surface area (Å²) in [6, 6.07) is 1.12. The molecule has 0 bridgehead atoms. The Labute approximate surface area is 149 Å². The Bertz CT molecular complexity index is 389. The third-order valence-corrected chi connectivity index (χ3v) is 5.55. The van der Waals surface area contributed by atoms with Crippen molar-refractivity contribution in [2.24, 2.45) is 16.8 Å². The molecule has 2 heterocycles. The van der Waals surface area contributed by atoms with E-state index in [1.54, 1.807) is 0 Å². The van der Waals surface area contributed by atoms with Gasteiger partial charge in [-0.15, -0.1) is 0 Å². The summed E-state index contributed by atoms with van der Waals surface area (Å²) in [5.41, 5.74) is 0. The van der Waals surface area contributed by atoms with Gasteiger partial charge in [-0.1, -0.05) is 20.3 Å². The van der Waals surface area contributed by atoms with E-state index in [1.807, 2.05) is 7.05 Å². The third kappa shape index (κ3) is 5.92. The van der Waals surface area contributed by atoms with Crippen molar-refractivity contribution in [3.8, 4) is 0 Å². The Balaban J connectivity index is 1.72. The molecule has 5 heteroatoms. The highest BCUT2D eigenvalue weighted by Crippen LogP contribution is 2.18. The zero-order valence-electron chi connectivity index (χ0n) is 16.5. The van der Waals surface area contributed by atoms with Crippen LogP contribution in [0.2, 0.25) is 0 Å². The first-order valence-electron chi connectivity index (χ1n) is 9.93. The summed E-state index contributed by atoms with van der Waals surface area (Å²) in [6.07, 6.45) is 4.15. The fraction of sp³-hybridized carbons (Fsp3) is 0.947. The predicted octanol–water partition coefficient (Wildman–Crippen LogP) is 2.00. The lowest BCUT2D eigenvalue weighted by Crippen LogP contribution is -2.48. The van der Waals surface area contributed by atoms with Crippen LogP contribution in [0.3, 0.4) is 0 Å². The largest absolute Gasteiger partial charge is 0.356 e. The van der Waals surface area contributed by atoms with E-state index in [0.717, 1.165) is 19.0 Å². The van der Waals surface area contributed by atoms with Gasteiger partial charge in [0.25, 0.3) is 0 Å². The SMILES string of the molecule is CN=C(NCC(C)CN1CCCCC1)NC1CN(C(C)C)CC1C. The average molecular weight is 338 g/mol. The second-order valence-electron chi connectivity index (χ2n) is 8.20. The summed E-state index contributed by atoms with van der Waals surface area (Å²) >= 11 is 0. The zero-order chi connectivity index (χ0) is 17.5. The van der Waals surface area contributed by atoms with Crippen molar-refractivity contribution in [3.63, 3.8) is 0 Å². The maximum atomic E-state index is 4.44. The van der Waals surface area contributed by atoms with Crippen molar-refractivity contribution in [2.75, 3.05) is 46.3 Å². The van der Waals surface area contributed by atoms with Gasteiger partial charge >= 0.3 is 0 Å². The predicted molar refractivity (Wildman–Crippen MR) is 104 cm³/mol. The molecule has 3 unspecified atom stereocenters. The molecule has 0 radical (unpaired) electrons.